The largest absolute Gasteiger partial charge is 0.483 e. The van der Waals surface area contributed by atoms with Crippen LogP contribution in [0.25, 0.3) is 0 Å². The van der Waals surface area contributed by atoms with Crippen LogP contribution in [0.2, 0.25) is 5.02 Å². The van der Waals surface area contributed by atoms with Gasteiger partial charge in [0, 0.05) is 10.7 Å². The summed E-state index contributed by atoms with van der Waals surface area (Å²) in [5, 5.41) is 4.33. The summed E-state index contributed by atoms with van der Waals surface area (Å²) in [6.45, 7) is 3.24. The molecule has 0 aliphatic carbocycles. The highest BCUT2D eigenvalue weighted by Gasteiger charge is 2.05. The van der Waals surface area contributed by atoms with Gasteiger partial charge in [-0.25, -0.2) is 5.43 Å². The third-order valence-electron chi connectivity index (χ3n) is 2.30. The number of hydrogen-bond donors (Lipinski definition) is 2. The number of benzene rings is 1. The van der Waals surface area contributed by atoms with E-state index in [0.29, 0.717) is 16.5 Å². The van der Waals surface area contributed by atoms with E-state index in [-0.39, 0.29) is 13.0 Å². The van der Waals surface area contributed by atoms with Crippen molar-refractivity contribution >= 4 is 29.1 Å². The van der Waals surface area contributed by atoms with E-state index in [9.17, 15) is 9.59 Å². The van der Waals surface area contributed by atoms with Crippen molar-refractivity contribution < 1.29 is 14.3 Å². The molecule has 2 amide bonds. The molecule has 108 valence electrons. The summed E-state index contributed by atoms with van der Waals surface area (Å²) in [7, 11) is 0. The average molecular weight is 298 g/mol. The molecular weight excluding hydrogens is 282 g/mol. The molecule has 0 aliphatic heterocycles. The van der Waals surface area contributed by atoms with Crippen LogP contribution in [-0.2, 0) is 9.59 Å². The van der Waals surface area contributed by atoms with Crippen molar-refractivity contribution in [1.82, 2.24) is 5.43 Å². The smallest absolute Gasteiger partial charge is 0.277 e. The van der Waals surface area contributed by atoms with E-state index in [2.05, 4.69) is 10.5 Å². The number of nitrogens with zero attached hydrogens (tertiary/aromatic N) is 1. The van der Waals surface area contributed by atoms with Crippen LogP contribution in [0.15, 0.2) is 23.3 Å². The molecule has 0 atom stereocenters. The molecular formula is C13H16ClN3O3. The Morgan fingerprint density at radius 1 is 1.45 bits per heavy atom. The Kier molecular flexibility index (Phi) is 5.99. The molecule has 1 aromatic rings. The van der Waals surface area contributed by atoms with Crippen LogP contribution in [0.4, 0.5) is 0 Å². The number of hydrogen-bond acceptors (Lipinski definition) is 4. The number of rotatable bonds is 6. The average Bonchev–Trinajstić information content (AvgIpc) is 2.34. The van der Waals surface area contributed by atoms with Gasteiger partial charge in [-0.3, -0.25) is 9.59 Å². The summed E-state index contributed by atoms with van der Waals surface area (Å²) < 4.78 is 5.34. The van der Waals surface area contributed by atoms with Gasteiger partial charge in [0.15, 0.2) is 6.61 Å². The van der Waals surface area contributed by atoms with Gasteiger partial charge in [-0.15, -0.1) is 0 Å². The van der Waals surface area contributed by atoms with E-state index in [0.717, 1.165) is 5.56 Å². The first-order valence-corrected chi connectivity index (χ1v) is 6.25. The number of hydrazone groups is 1. The third kappa shape index (κ3) is 5.71. The van der Waals surface area contributed by atoms with Gasteiger partial charge in [0.25, 0.3) is 5.91 Å². The van der Waals surface area contributed by atoms with Crippen LogP contribution >= 0.6 is 11.6 Å². The van der Waals surface area contributed by atoms with E-state index in [4.69, 9.17) is 22.1 Å². The molecule has 0 heterocycles. The lowest BCUT2D eigenvalue weighted by molar-refractivity contribution is -0.123. The molecule has 0 saturated heterocycles. The predicted octanol–water partition coefficient (Wildman–Crippen LogP) is 1.39. The fourth-order valence-corrected chi connectivity index (χ4v) is 1.63. The molecule has 6 nitrogen and oxygen atoms in total. The van der Waals surface area contributed by atoms with E-state index in [1.165, 1.54) is 0 Å². The Balaban J connectivity index is 2.45. The molecule has 0 radical (unpaired) electrons. The number of aryl methyl sites for hydroxylation is 1. The first-order chi connectivity index (χ1) is 9.38. The highest BCUT2D eigenvalue weighted by atomic mass is 35.5. The highest BCUT2D eigenvalue weighted by molar-refractivity contribution is 6.30. The number of ether oxygens (including phenoxy) is 1. The normalized spacial score (nSPS) is 11.1. The number of amides is 2. The van der Waals surface area contributed by atoms with E-state index in [1.54, 1.807) is 25.1 Å². The van der Waals surface area contributed by atoms with Gasteiger partial charge in [-0.05, 0) is 37.6 Å². The van der Waals surface area contributed by atoms with Gasteiger partial charge < -0.3 is 10.5 Å². The van der Waals surface area contributed by atoms with Crippen molar-refractivity contribution in [2.45, 2.75) is 20.3 Å². The van der Waals surface area contributed by atoms with Crippen LogP contribution in [0.5, 0.6) is 5.75 Å². The number of nitrogens with two attached hydrogens (primary N) is 1. The lowest BCUT2D eigenvalue weighted by Gasteiger charge is -2.08. The molecule has 7 heteroatoms. The molecule has 20 heavy (non-hydrogen) atoms. The lowest BCUT2D eigenvalue weighted by atomic mass is 10.2. The monoisotopic (exact) mass is 297 g/mol. The van der Waals surface area contributed by atoms with Gasteiger partial charge in [0.1, 0.15) is 5.75 Å². The summed E-state index contributed by atoms with van der Waals surface area (Å²) in [6, 6.07) is 5.10. The minimum absolute atomic E-state index is 0.00255. The van der Waals surface area contributed by atoms with Gasteiger partial charge in [0.05, 0.1) is 6.42 Å². The van der Waals surface area contributed by atoms with Crippen LogP contribution in [0.1, 0.15) is 18.9 Å². The number of primary amides is 1. The third-order valence-corrected chi connectivity index (χ3v) is 2.53. The molecule has 1 aromatic carbocycles. The second-order valence-electron chi connectivity index (χ2n) is 4.22. The summed E-state index contributed by atoms with van der Waals surface area (Å²) >= 11 is 5.82. The molecule has 0 saturated carbocycles. The van der Waals surface area contributed by atoms with Gasteiger partial charge in [-0.1, -0.05) is 11.6 Å². The van der Waals surface area contributed by atoms with E-state index in [1.807, 2.05) is 6.92 Å². The second kappa shape index (κ2) is 7.49. The molecule has 0 fully saturated rings. The SMILES string of the molecule is CC(CC(N)=O)=NNC(=O)COc1ccc(Cl)cc1C. The van der Waals surface area contributed by atoms with Gasteiger partial charge >= 0.3 is 0 Å². The van der Waals surface area contributed by atoms with Crippen LogP contribution < -0.4 is 15.9 Å². The predicted molar refractivity (Wildman–Crippen MR) is 76.7 cm³/mol. The summed E-state index contributed by atoms with van der Waals surface area (Å²) in [5.74, 6) is -0.362. The summed E-state index contributed by atoms with van der Waals surface area (Å²) in [5.41, 5.74) is 8.53. The Hall–Kier alpha value is -2.08. The summed E-state index contributed by atoms with van der Waals surface area (Å²) in [6.07, 6.45) is -0.00255. The minimum atomic E-state index is -0.506. The Bertz CT molecular complexity index is 544. The minimum Gasteiger partial charge on any atom is -0.483 e. The second-order valence-corrected chi connectivity index (χ2v) is 4.66. The van der Waals surface area contributed by atoms with E-state index >= 15 is 0 Å². The molecule has 0 aliphatic rings. The zero-order chi connectivity index (χ0) is 15.1. The Morgan fingerprint density at radius 3 is 2.75 bits per heavy atom. The zero-order valence-corrected chi connectivity index (χ0v) is 12.0. The lowest BCUT2D eigenvalue weighted by Crippen LogP contribution is -2.26. The first kappa shape index (κ1) is 16.0. The number of carbonyl (C=O) groups excluding carboxylic acids is 2. The van der Waals surface area contributed by atoms with Crippen molar-refractivity contribution in [1.29, 1.82) is 0 Å². The molecule has 0 bridgehead atoms. The Morgan fingerprint density at radius 2 is 2.15 bits per heavy atom. The number of halogens is 1. The zero-order valence-electron chi connectivity index (χ0n) is 11.3. The van der Waals surface area contributed by atoms with Crippen LogP contribution in [-0.4, -0.2) is 24.1 Å². The molecule has 1 rings (SSSR count). The highest BCUT2D eigenvalue weighted by Crippen LogP contribution is 2.21. The van der Waals surface area contributed by atoms with Crippen molar-refractivity contribution in [3.05, 3.63) is 28.8 Å². The molecule has 0 aromatic heterocycles. The van der Waals surface area contributed by atoms with Crippen LogP contribution in [0, 0.1) is 6.92 Å². The quantitative estimate of drug-likeness (QED) is 0.614. The number of nitrogens with one attached hydrogen (secondary N) is 1. The summed E-state index contributed by atoms with van der Waals surface area (Å²) in [4.78, 5) is 22.1. The molecule has 0 unspecified atom stereocenters. The molecule has 0 spiro atoms. The topological polar surface area (TPSA) is 93.8 Å². The maximum absolute atomic E-state index is 11.5. The van der Waals surface area contributed by atoms with Crippen molar-refractivity contribution in [2.24, 2.45) is 10.8 Å². The van der Waals surface area contributed by atoms with Gasteiger partial charge in [0.2, 0.25) is 5.91 Å². The fraction of sp³-hybridized carbons (Fsp3) is 0.308. The van der Waals surface area contributed by atoms with E-state index < -0.39 is 11.8 Å². The molecule has 3 N–H and O–H groups in total. The Labute approximate surface area is 121 Å². The maximum atomic E-state index is 11.5. The van der Waals surface area contributed by atoms with Crippen molar-refractivity contribution in [2.75, 3.05) is 6.61 Å². The first-order valence-electron chi connectivity index (χ1n) is 5.87. The fourth-order valence-electron chi connectivity index (χ4n) is 1.40. The maximum Gasteiger partial charge on any atom is 0.277 e. The van der Waals surface area contributed by atoms with Crippen LogP contribution in [0.3, 0.4) is 0 Å². The van der Waals surface area contributed by atoms with Crippen molar-refractivity contribution in [3.63, 3.8) is 0 Å². The van der Waals surface area contributed by atoms with Crippen molar-refractivity contribution in [3.8, 4) is 5.75 Å². The van der Waals surface area contributed by atoms with Gasteiger partial charge in [-0.2, -0.15) is 5.10 Å². The standard InChI is InChI=1S/C13H16ClN3O3/c1-8-5-10(14)3-4-11(8)20-7-13(19)17-16-9(2)6-12(15)18/h3-5H,6-7H2,1-2H3,(H2,15,18)(H,17,19). The number of carbonyl (C=O) groups is 2.